The van der Waals surface area contributed by atoms with Gasteiger partial charge in [0.25, 0.3) is 0 Å². The Morgan fingerprint density at radius 3 is 2.69 bits per heavy atom. The van der Waals surface area contributed by atoms with Gasteiger partial charge in [0.2, 0.25) is 5.91 Å². The Bertz CT molecular complexity index is 755. The molecular formula is C21H25NO4. The summed E-state index contributed by atoms with van der Waals surface area (Å²) in [6.07, 6.45) is 3.23. The molecule has 0 atom stereocenters. The molecule has 0 fully saturated rings. The number of rotatable bonds is 9. The lowest BCUT2D eigenvalue weighted by atomic mass is 10.2. The van der Waals surface area contributed by atoms with E-state index in [0.29, 0.717) is 31.3 Å². The third-order valence-corrected chi connectivity index (χ3v) is 3.57. The first kappa shape index (κ1) is 19.4. The van der Waals surface area contributed by atoms with Crippen molar-refractivity contribution in [3.05, 3.63) is 59.7 Å². The Hall–Kier alpha value is -2.95. The number of ether oxygens (including phenoxy) is 3. The highest BCUT2D eigenvalue weighted by Gasteiger charge is 2.04. The summed E-state index contributed by atoms with van der Waals surface area (Å²) in [6.45, 7) is 5.32. The van der Waals surface area contributed by atoms with Crippen LogP contribution in [0.5, 0.6) is 17.2 Å². The number of methoxy groups -OCH3 is 1. The van der Waals surface area contributed by atoms with Crippen LogP contribution in [0.25, 0.3) is 6.08 Å². The predicted molar refractivity (Wildman–Crippen MR) is 103 cm³/mol. The Morgan fingerprint density at radius 2 is 1.96 bits per heavy atom. The first-order valence-corrected chi connectivity index (χ1v) is 8.58. The quantitative estimate of drug-likeness (QED) is 0.551. The molecule has 0 radical (unpaired) electrons. The fourth-order valence-corrected chi connectivity index (χ4v) is 2.34. The highest BCUT2D eigenvalue weighted by atomic mass is 16.5. The van der Waals surface area contributed by atoms with Crippen molar-refractivity contribution in [3.8, 4) is 17.2 Å². The van der Waals surface area contributed by atoms with Crippen molar-refractivity contribution in [2.45, 2.75) is 13.8 Å². The Labute approximate surface area is 154 Å². The molecule has 0 saturated heterocycles. The van der Waals surface area contributed by atoms with Crippen molar-refractivity contribution in [2.75, 3.05) is 26.9 Å². The van der Waals surface area contributed by atoms with Crippen LogP contribution in [-0.2, 0) is 4.79 Å². The third-order valence-electron chi connectivity index (χ3n) is 3.57. The molecule has 138 valence electrons. The number of amides is 1. The SMILES string of the molecule is CCOc1cc(/C=C/C(=O)NCCOc2cccc(C)c2)ccc1OC. The molecule has 0 aromatic heterocycles. The van der Waals surface area contributed by atoms with Gasteiger partial charge in [-0.25, -0.2) is 0 Å². The second kappa shape index (κ2) is 10.1. The van der Waals surface area contributed by atoms with Gasteiger partial charge in [-0.2, -0.15) is 0 Å². The molecule has 0 spiro atoms. The molecule has 0 unspecified atom stereocenters. The number of hydrogen-bond acceptors (Lipinski definition) is 4. The van der Waals surface area contributed by atoms with E-state index in [9.17, 15) is 4.79 Å². The highest BCUT2D eigenvalue weighted by Crippen LogP contribution is 2.28. The van der Waals surface area contributed by atoms with Gasteiger partial charge in [0.15, 0.2) is 11.5 Å². The first-order chi connectivity index (χ1) is 12.6. The second-order valence-electron chi connectivity index (χ2n) is 5.63. The lowest BCUT2D eigenvalue weighted by Crippen LogP contribution is -2.26. The van der Waals surface area contributed by atoms with E-state index in [1.807, 2.05) is 56.3 Å². The lowest BCUT2D eigenvalue weighted by Gasteiger charge is -2.09. The number of carbonyl (C=O) groups excluding carboxylic acids is 1. The average molecular weight is 355 g/mol. The van der Waals surface area contributed by atoms with Crippen molar-refractivity contribution >= 4 is 12.0 Å². The van der Waals surface area contributed by atoms with Gasteiger partial charge in [-0.1, -0.05) is 18.2 Å². The van der Waals surface area contributed by atoms with E-state index in [-0.39, 0.29) is 5.91 Å². The number of benzene rings is 2. The van der Waals surface area contributed by atoms with Gasteiger partial charge in [0.1, 0.15) is 12.4 Å². The van der Waals surface area contributed by atoms with Gasteiger partial charge in [0.05, 0.1) is 20.3 Å². The second-order valence-corrected chi connectivity index (χ2v) is 5.63. The molecule has 0 aliphatic heterocycles. The summed E-state index contributed by atoms with van der Waals surface area (Å²) in [5.74, 6) is 1.95. The normalized spacial score (nSPS) is 10.6. The molecule has 1 N–H and O–H groups in total. The Morgan fingerprint density at radius 1 is 1.12 bits per heavy atom. The van der Waals surface area contributed by atoms with Crippen LogP contribution in [0.3, 0.4) is 0 Å². The van der Waals surface area contributed by atoms with Gasteiger partial charge >= 0.3 is 0 Å². The molecule has 0 saturated carbocycles. The summed E-state index contributed by atoms with van der Waals surface area (Å²) in [6, 6.07) is 13.3. The minimum Gasteiger partial charge on any atom is -0.493 e. The van der Waals surface area contributed by atoms with Gasteiger partial charge < -0.3 is 19.5 Å². The minimum atomic E-state index is -0.174. The predicted octanol–water partition coefficient (Wildman–Crippen LogP) is 3.61. The summed E-state index contributed by atoms with van der Waals surface area (Å²) in [4.78, 5) is 11.9. The molecule has 0 aliphatic rings. The van der Waals surface area contributed by atoms with Gasteiger partial charge in [-0.3, -0.25) is 4.79 Å². The largest absolute Gasteiger partial charge is 0.493 e. The molecule has 26 heavy (non-hydrogen) atoms. The molecule has 5 heteroatoms. The third kappa shape index (κ3) is 6.16. The molecule has 0 aliphatic carbocycles. The number of aryl methyl sites for hydroxylation is 1. The standard InChI is InChI=1S/C21H25NO4/c1-4-25-20-15-17(8-10-19(20)24-3)9-11-21(23)22-12-13-26-18-7-5-6-16(2)14-18/h5-11,14-15H,4,12-13H2,1-3H3,(H,22,23)/b11-9+. The van der Waals surface area contributed by atoms with E-state index in [1.54, 1.807) is 13.2 Å². The van der Waals surface area contributed by atoms with Crippen molar-refractivity contribution in [3.63, 3.8) is 0 Å². The summed E-state index contributed by atoms with van der Waals surface area (Å²) >= 11 is 0. The summed E-state index contributed by atoms with van der Waals surface area (Å²) in [7, 11) is 1.60. The summed E-state index contributed by atoms with van der Waals surface area (Å²) < 4.78 is 16.4. The lowest BCUT2D eigenvalue weighted by molar-refractivity contribution is -0.116. The molecule has 2 aromatic carbocycles. The van der Waals surface area contributed by atoms with Crippen LogP contribution < -0.4 is 19.5 Å². The monoisotopic (exact) mass is 355 g/mol. The number of nitrogens with one attached hydrogen (secondary N) is 1. The minimum absolute atomic E-state index is 0.174. The zero-order valence-corrected chi connectivity index (χ0v) is 15.5. The molecule has 0 bridgehead atoms. The Balaban J connectivity index is 1.80. The Kier molecular flexibility index (Phi) is 7.55. The van der Waals surface area contributed by atoms with Crippen LogP contribution in [0.2, 0.25) is 0 Å². The molecular weight excluding hydrogens is 330 g/mol. The topological polar surface area (TPSA) is 56.8 Å². The van der Waals surface area contributed by atoms with Crippen molar-refractivity contribution in [1.82, 2.24) is 5.32 Å². The van der Waals surface area contributed by atoms with Crippen molar-refractivity contribution in [1.29, 1.82) is 0 Å². The zero-order chi connectivity index (χ0) is 18.8. The van der Waals surface area contributed by atoms with Crippen LogP contribution in [-0.4, -0.2) is 32.8 Å². The highest BCUT2D eigenvalue weighted by molar-refractivity contribution is 5.91. The van der Waals surface area contributed by atoms with Crippen molar-refractivity contribution < 1.29 is 19.0 Å². The van der Waals surface area contributed by atoms with Crippen LogP contribution in [0.15, 0.2) is 48.5 Å². The molecule has 5 nitrogen and oxygen atoms in total. The smallest absolute Gasteiger partial charge is 0.244 e. The summed E-state index contributed by atoms with van der Waals surface area (Å²) in [5.41, 5.74) is 2.00. The van der Waals surface area contributed by atoms with Crippen LogP contribution in [0.4, 0.5) is 0 Å². The summed E-state index contributed by atoms with van der Waals surface area (Å²) in [5, 5.41) is 2.79. The van der Waals surface area contributed by atoms with E-state index in [0.717, 1.165) is 16.9 Å². The van der Waals surface area contributed by atoms with E-state index < -0.39 is 0 Å². The van der Waals surface area contributed by atoms with Crippen LogP contribution in [0, 0.1) is 6.92 Å². The first-order valence-electron chi connectivity index (χ1n) is 8.58. The van der Waals surface area contributed by atoms with E-state index >= 15 is 0 Å². The van der Waals surface area contributed by atoms with Crippen molar-refractivity contribution in [2.24, 2.45) is 0 Å². The zero-order valence-electron chi connectivity index (χ0n) is 15.5. The van der Waals surface area contributed by atoms with Gasteiger partial charge in [-0.15, -0.1) is 0 Å². The molecule has 2 aromatic rings. The van der Waals surface area contributed by atoms with E-state index in [1.165, 1.54) is 6.08 Å². The molecule has 0 heterocycles. The van der Waals surface area contributed by atoms with Gasteiger partial charge in [0, 0.05) is 6.08 Å². The van der Waals surface area contributed by atoms with E-state index in [4.69, 9.17) is 14.2 Å². The van der Waals surface area contributed by atoms with Crippen LogP contribution >= 0.6 is 0 Å². The molecule has 1 amide bonds. The van der Waals surface area contributed by atoms with Crippen LogP contribution in [0.1, 0.15) is 18.1 Å². The maximum Gasteiger partial charge on any atom is 0.244 e. The fraction of sp³-hybridized carbons (Fsp3) is 0.286. The maximum atomic E-state index is 11.9. The molecule has 2 rings (SSSR count). The number of carbonyl (C=O) groups is 1. The van der Waals surface area contributed by atoms with E-state index in [2.05, 4.69) is 5.32 Å². The maximum absolute atomic E-state index is 11.9. The number of hydrogen-bond donors (Lipinski definition) is 1. The van der Waals surface area contributed by atoms with Gasteiger partial charge in [-0.05, 0) is 55.3 Å². The fourth-order valence-electron chi connectivity index (χ4n) is 2.34. The average Bonchev–Trinajstić information content (AvgIpc) is 2.64.